The molecule has 1 unspecified atom stereocenters. The van der Waals surface area contributed by atoms with Crippen molar-refractivity contribution in [2.75, 3.05) is 19.8 Å². The summed E-state index contributed by atoms with van der Waals surface area (Å²) in [5.41, 5.74) is 2.94. The van der Waals surface area contributed by atoms with Gasteiger partial charge in [-0.25, -0.2) is 4.79 Å². The number of esters is 1. The van der Waals surface area contributed by atoms with E-state index in [4.69, 9.17) is 14.2 Å². The van der Waals surface area contributed by atoms with E-state index < -0.39 is 6.10 Å². The molecule has 0 aromatic heterocycles. The molecular formula is C25H28O4. The zero-order valence-corrected chi connectivity index (χ0v) is 17.3. The molecular weight excluding hydrogens is 364 g/mol. The van der Waals surface area contributed by atoms with Gasteiger partial charge in [-0.05, 0) is 62.2 Å². The molecule has 0 fully saturated rings. The van der Waals surface area contributed by atoms with Crippen LogP contribution in [0.25, 0.3) is 0 Å². The first kappa shape index (κ1) is 22.3. The van der Waals surface area contributed by atoms with Gasteiger partial charge in [-0.3, -0.25) is 0 Å². The summed E-state index contributed by atoms with van der Waals surface area (Å²) in [6, 6.07) is 17.5. The zero-order chi connectivity index (χ0) is 20.9. The number of hydrogen-bond donors (Lipinski definition) is 0. The second-order valence-corrected chi connectivity index (χ2v) is 6.36. The van der Waals surface area contributed by atoms with Crippen LogP contribution < -0.4 is 4.74 Å². The van der Waals surface area contributed by atoms with Gasteiger partial charge in [-0.2, -0.15) is 0 Å². The van der Waals surface area contributed by atoms with Crippen molar-refractivity contribution >= 4 is 5.97 Å². The van der Waals surface area contributed by atoms with Crippen molar-refractivity contribution in [2.24, 2.45) is 0 Å². The first-order valence-corrected chi connectivity index (χ1v) is 9.86. The molecule has 4 nitrogen and oxygen atoms in total. The van der Waals surface area contributed by atoms with Gasteiger partial charge in [0.1, 0.15) is 12.4 Å². The van der Waals surface area contributed by atoms with Crippen LogP contribution >= 0.6 is 0 Å². The fourth-order valence-corrected chi connectivity index (χ4v) is 2.59. The Hall–Kier alpha value is -3.03. The molecule has 2 rings (SSSR count). The maximum Gasteiger partial charge on any atom is 0.335 e. The summed E-state index contributed by atoms with van der Waals surface area (Å²) in [5.74, 6) is 6.68. The molecule has 2 aromatic rings. The number of carbonyl (C=O) groups is 1. The lowest BCUT2D eigenvalue weighted by Gasteiger charge is -2.15. The van der Waals surface area contributed by atoms with Gasteiger partial charge < -0.3 is 14.2 Å². The summed E-state index contributed by atoms with van der Waals surface area (Å²) in [7, 11) is 0. The first-order chi connectivity index (χ1) is 14.1. The molecule has 29 heavy (non-hydrogen) atoms. The topological polar surface area (TPSA) is 44.8 Å². The van der Waals surface area contributed by atoms with E-state index >= 15 is 0 Å². The highest BCUT2D eigenvalue weighted by Crippen LogP contribution is 2.15. The molecule has 0 aliphatic rings. The van der Waals surface area contributed by atoms with E-state index in [-0.39, 0.29) is 5.97 Å². The van der Waals surface area contributed by atoms with Gasteiger partial charge in [0.25, 0.3) is 0 Å². The predicted octanol–water partition coefficient (Wildman–Crippen LogP) is 4.57. The van der Waals surface area contributed by atoms with Crippen molar-refractivity contribution in [1.82, 2.24) is 0 Å². The number of hydrogen-bond acceptors (Lipinski definition) is 4. The lowest BCUT2D eigenvalue weighted by atomic mass is 10.1. The fourth-order valence-electron chi connectivity index (χ4n) is 2.59. The molecule has 0 N–H and O–H groups in total. The highest BCUT2D eigenvalue weighted by molar-refractivity contribution is 5.75. The van der Waals surface area contributed by atoms with Gasteiger partial charge in [0, 0.05) is 18.6 Å². The smallest absolute Gasteiger partial charge is 0.335 e. The van der Waals surface area contributed by atoms with Crippen LogP contribution in [-0.4, -0.2) is 31.9 Å². The van der Waals surface area contributed by atoms with Crippen molar-refractivity contribution < 1.29 is 19.0 Å². The Labute approximate surface area is 173 Å². The molecule has 152 valence electrons. The average Bonchev–Trinajstić information content (AvgIpc) is 2.74. The Morgan fingerprint density at radius 2 is 1.76 bits per heavy atom. The Kier molecular flexibility index (Phi) is 9.54. The van der Waals surface area contributed by atoms with E-state index in [0.717, 1.165) is 22.4 Å². The fraction of sp³-hybridized carbons (Fsp3) is 0.320. The molecule has 0 radical (unpaired) electrons. The summed E-state index contributed by atoms with van der Waals surface area (Å²) in [6.45, 7) is 6.87. The second-order valence-electron chi connectivity index (χ2n) is 6.36. The van der Waals surface area contributed by atoms with Crippen molar-refractivity contribution in [2.45, 2.75) is 33.3 Å². The van der Waals surface area contributed by atoms with E-state index in [1.54, 1.807) is 6.92 Å². The van der Waals surface area contributed by atoms with Crippen molar-refractivity contribution in [3.8, 4) is 17.6 Å². The number of allylic oxidation sites excluding steroid dienone is 1. The van der Waals surface area contributed by atoms with E-state index in [1.165, 1.54) is 0 Å². The number of benzene rings is 2. The van der Waals surface area contributed by atoms with E-state index in [9.17, 15) is 4.79 Å². The van der Waals surface area contributed by atoms with Crippen LogP contribution in [0.3, 0.4) is 0 Å². The lowest BCUT2D eigenvalue weighted by Crippen LogP contribution is -2.28. The minimum atomic E-state index is -0.583. The van der Waals surface area contributed by atoms with E-state index in [1.807, 2.05) is 74.5 Å². The van der Waals surface area contributed by atoms with E-state index in [2.05, 4.69) is 11.8 Å². The maximum absolute atomic E-state index is 12.0. The molecule has 0 aliphatic carbocycles. The summed E-state index contributed by atoms with van der Waals surface area (Å²) >= 11 is 0. The third kappa shape index (κ3) is 8.25. The van der Waals surface area contributed by atoms with Gasteiger partial charge in [0.15, 0.2) is 6.10 Å². The largest absolute Gasteiger partial charge is 0.490 e. The van der Waals surface area contributed by atoms with Crippen molar-refractivity contribution in [3.05, 3.63) is 77.4 Å². The predicted molar refractivity (Wildman–Crippen MR) is 115 cm³/mol. The quantitative estimate of drug-likeness (QED) is 0.463. The maximum atomic E-state index is 12.0. The van der Waals surface area contributed by atoms with Crippen molar-refractivity contribution in [1.29, 1.82) is 0 Å². The minimum absolute atomic E-state index is 0.327. The Bertz CT molecular complexity index is 842. The van der Waals surface area contributed by atoms with Crippen LogP contribution in [0.2, 0.25) is 0 Å². The van der Waals surface area contributed by atoms with Gasteiger partial charge in [-0.1, -0.05) is 42.2 Å². The lowest BCUT2D eigenvalue weighted by molar-refractivity contribution is -0.156. The molecule has 0 saturated carbocycles. The van der Waals surface area contributed by atoms with E-state index in [0.29, 0.717) is 26.2 Å². The van der Waals surface area contributed by atoms with Gasteiger partial charge in [0.05, 0.1) is 6.61 Å². The molecule has 0 amide bonds. The summed E-state index contributed by atoms with van der Waals surface area (Å²) in [4.78, 5) is 12.0. The van der Waals surface area contributed by atoms with Crippen molar-refractivity contribution in [3.63, 3.8) is 0 Å². The monoisotopic (exact) mass is 392 g/mol. The van der Waals surface area contributed by atoms with Crippen LogP contribution in [0.4, 0.5) is 0 Å². The van der Waals surface area contributed by atoms with Crippen LogP contribution in [-0.2, 0) is 20.7 Å². The standard InChI is InChI=1S/C25H28O4/c1-4-27-24(25(26)28-5-2)19-22-13-15-23(16-14-22)29-18-17-20(3)11-12-21-9-7-6-8-10-21/h6-10,13-17,24H,4-5,18-19H2,1-3H3. The minimum Gasteiger partial charge on any atom is -0.490 e. The Balaban J connectivity index is 1.87. The number of rotatable bonds is 9. The molecule has 0 bridgehead atoms. The molecule has 4 heteroatoms. The summed E-state index contributed by atoms with van der Waals surface area (Å²) < 4.78 is 16.3. The molecule has 0 heterocycles. The third-order valence-electron chi connectivity index (χ3n) is 4.08. The highest BCUT2D eigenvalue weighted by atomic mass is 16.6. The highest BCUT2D eigenvalue weighted by Gasteiger charge is 2.20. The van der Waals surface area contributed by atoms with Crippen LogP contribution in [0.15, 0.2) is 66.2 Å². The second kappa shape index (κ2) is 12.4. The number of carbonyl (C=O) groups excluding carboxylic acids is 1. The zero-order valence-electron chi connectivity index (χ0n) is 17.3. The Morgan fingerprint density at radius 3 is 2.41 bits per heavy atom. The van der Waals surface area contributed by atoms with Crippen LogP contribution in [0, 0.1) is 11.8 Å². The Morgan fingerprint density at radius 1 is 1.03 bits per heavy atom. The molecule has 2 aromatic carbocycles. The van der Waals surface area contributed by atoms with Gasteiger partial charge in [-0.15, -0.1) is 0 Å². The summed E-state index contributed by atoms with van der Waals surface area (Å²) in [5, 5.41) is 0. The van der Waals surface area contributed by atoms with Crippen LogP contribution in [0.1, 0.15) is 31.9 Å². The van der Waals surface area contributed by atoms with Crippen LogP contribution in [0.5, 0.6) is 5.75 Å². The molecule has 0 spiro atoms. The average molecular weight is 392 g/mol. The van der Waals surface area contributed by atoms with Gasteiger partial charge >= 0.3 is 5.97 Å². The molecule has 0 aliphatic heterocycles. The molecule has 1 atom stereocenters. The summed E-state index contributed by atoms with van der Waals surface area (Å²) in [6.07, 6.45) is 1.84. The SMILES string of the molecule is CCOC(=O)C(Cc1ccc(OCC=C(C)C#Cc2ccccc2)cc1)OCC. The number of ether oxygens (including phenoxy) is 3. The first-order valence-electron chi connectivity index (χ1n) is 9.86. The van der Waals surface area contributed by atoms with Gasteiger partial charge in [0.2, 0.25) is 0 Å². The third-order valence-corrected chi connectivity index (χ3v) is 4.08. The molecule has 0 saturated heterocycles. The normalized spacial score (nSPS) is 11.9.